The Labute approximate surface area is 178 Å². The van der Waals surface area contributed by atoms with Gasteiger partial charge in [-0.3, -0.25) is 4.79 Å². The maximum Gasteiger partial charge on any atom is 0.416 e. The monoisotopic (exact) mass is 450 g/mol. The van der Waals surface area contributed by atoms with E-state index in [4.69, 9.17) is 5.73 Å². The molecule has 166 valence electrons. The molecule has 2 N–H and O–H groups in total. The minimum Gasteiger partial charge on any atom is -0.366 e. The molecule has 1 heterocycles. The van der Waals surface area contributed by atoms with Gasteiger partial charge in [0, 0.05) is 28.4 Å². The summed E-state index contributed by atoms with van der Waals surface area (Å²) in [5.74, 6) is -0.694. The minimum atomic E-state index is -4.98. The summed E-state index contributed by atoms with van der Waals surface area (Å²) in [4.78, 5) is 12.0. The Bertz CT molecular complexity index is 1370. The van der Waals surface area contributed by atoms with Crippen molar-refractivity contribution in [2.75, 3.05) is 0 Å². The van der Waals surface area contributed by atoms with E-state index in [0.717, 1.165) is 11.6 Å². The van der Waals surface area contributed by atoms with Gasteiger partial charge in [-0.1, -0.05) is 24.3 Å². The first-order chi connectivity index (χ1) is 14.9. The van der Waals surface area contributed by atoms with Gasteiger partial charge in [-0.05, 0) is 48.4 Å². The van der Waals surface area contributed by atoms with E-state index in [2.05, 4.69) is 0 Å². The zero-order chi connectivity index (χ0) is 23.4. The number of primary amides is 1. The van der Waals surface area contributed by atoms with Crippen LogP contribution in [0.4, 0.5) is 26.3 Å². The summed E-state index contributed by atoms with van der Waals surface area (Å²) < 4.78 is 81.7. The van der Waals surface area contributed by atoms with Gasteiger partial charge in [-0.15, -0.1) is 0 Å². The summed E-state index contributed by atoms with van der Waals surface area (Å²) >= 11 is 0. The molecule has 4 rings (SSSR count). The second-order valence-electron chi connectivity index (χ2n) is 7.54. The topological polar surface area (TPSA) is 48.0 Å². The molecule has 32 heavy (non-hydrogen) atoms. The van der Waals surface area contributed by atoms with Crippen LogP contribution < -0.4 is 5.73 Å². The van der Waals surface area contributed by atoms with Crippen LogP contribution >= 0.6 is 0 Å². The van der Waals surface area contributed by atoms with Gasteiger partial charge in [0.25, 0.3) is 0 Å². The van der Waals surface area contributed by atoms with Crippen molar-refractivity contribution in [2.24, 2.45) is 5.73 Å². The molecule has 1 amide bonds. The number of nitrogens with zero attached hydrogens (tertiary/aromatic N) is 1. The summed E-state index contributed by atoms with van der Waals surface area (Å²) in [5, 5.41) is 1.09. The standard InChI is InChI=1S/C23H16F6N2O/c1-12-5-8-15-19(9-12)31(18-4-2-3-16(20(15)18)21(30)32)11-13-6-7-14(22(24,25)26)10-17(13)23(27,28)29/h2-10H,11H2,1H3,(H2,30,32). The molecule has 3 nitrogen and oxygen atoms in total. The summed E-state index contributed by atoms with van der Waals surface area (Å²) in [6.45, 7) is 1.45. The fraction of sp³-hybridized carbons (Fsp3) is 0.174. The van der Waals surface area contributed by atoms with Crippen molar-refractivity contribution in [2.45, 2.75) is 25.8 Å². The first-order valence-corrected chi connectivity index (χ1v) is 9.46. The zero-order valence-electron chi connectivity index (χ0n) is 16.6. The number of aryl methyl sites for hydroxylation is 1. The van der Waals surface area contributed by atoms with Crippen LogP contribution in [-0.4, -0.2) is 10.5 Å². The van der Waals surface area contributed by atoms with Crippen molar-refractivity contribution in [3.05, 3.63) is 82.4 Å². The van der Waals surface area contributed by atoms with Crippen molar-refractivity contribution >= 4 is 27.7 Å². The lowest BCUT2D eigenvalue weighted by Crippen LogP contribution is -2.15. The molecule has 0 radical (unpaired) electrons. The van der Waals surface area contributed by atoms with Crippen molar-refractivity contribution in [1.29, 1.82) is 0 Å². The molecule has 1 aromatic heterocycles. The van der Waals surface area contributed by atoms with E-state index >= 15 is 0 Å². The van der Waals surface area contributed by atoms with Crippen LogP contribution in [0.2, 0.25) is 0 Å². The number of benzene rings is 3. The van der Waals surface area contributed by atoms with Crippen LogP contribution in [0.5, 0.6) is 0 Å². The zero-order valence-corrected chi connectivity index (χ0v) is 16.6. The number of carbonyl (C=O) groups excluding carboxylic acids is 1. The number of halogens is 6. The molecule has 0 bridgehead atoms. The molecule has 0 atom stereocenters. The maximum atomic E-state index is 13.7. The lowest BCUT2D eigenvalue weighted by molar-refractivity contribution is -0.143. The molecular weight excluding hydrogens is 434 g/mol. The highest BCUT2D eigenvalue weighted by Crippen LogP contribution is 2.39. The molecular formula is C23H16F6N2O. The SMILES string of the molecule is Cc1ccc2c3c(C(N)=O)cccc3n(Cc3ccc(C(F)(F)F)cc3C(F)(F)F)c2c1. The normalized spacial score (nSPS) is 12.6. The summed E-state index contributed by atoms with van der Waals surface area (Å²) in [5.41, 5.74) is 4.47. The van der Waals surface area contributed by atoms with E-state index in [1.165, 1.54) is 6.07 Å². The number of fused-ring (bicyclic) bond motifs is 3. The number of hydrogen-bond acceptors (Lipinski definition) is 1. The Hall–Kier alpha value is -3.49. The minimum absolute atomic E-state index is 0.128. The highest BCUT2D eigenvalue weighted by molar-refractivity contribution is 6.17. The lowest BCUT2D eigenvalue weighted by Gasteiger charge is -2.17. The molecule has 3 aromatic carbocycles. The molecule has 9 heteroatoms. The van der Waals surface area contributed by atoms with Crippen molar-refractivity contribution < 1.29 is 31.1 Å². The molecule has 0 aliphatic carbocycles. The number of carbonyl (C=O) groups is 1. The summed E-state index contributed by atoms with van der Waals surface area (Å²) in [7, 11) is 0. The fourth-order valence-electron chi connectivity index (χ4n) is 3.95. The number of alkyl halides is 6. The van der Waals surface area contributed by atoms with Gasteiger partial charge in [0.2, 0.25) is 5.91 Å². The predicted octanol–water partition coefficient (Wildman–Crippen LogP) is 6.29. The first-order valence-electron chi connectivity index (χ1n) is 9.46. The average molecular weight is 450 g/mol. The molecule has 0 saturated heterocycles. The number of amides is 1. The first kappa shape index (κ1) is 21.7. The van der Waals surface area contributed by atoms with Crippen LogP contribution in [0.3, 0.4) is 0 Å². The number of aromatic nitrogens is 1. The quantitative estimate of drug-likeness (QED) is 0.367. The molecule has 0 fully saturated rings. The van der Waals surface area contributed by atoms with Gasteiger partial charge in [0.05, 0.1) is 16.6 Å². The Morgan fingerprint density at radius 3 is 2.25 bits per heavy atom. The van der Waals surface area contributed by atoms with Crippen molar-refractivity contribution in [3.63, 3.8) is 0 Å². The lowest BCUT2D eigenvalue weighted by atomic mass is 10.0. The third-order valence-corrected chi connectivity index (χ3v) is 5.38. The number of rotatable bonds is 3. The van der Waals surface area contributed by atoms with E-state index in [0.29, 0.717) is 27.9 Å². The summed E-state index contributed by atoms with van der Waals surface area (Å²) in [6.07, 6.45) is -9.89. The van der Waals surface area contributed by atoms with E-state index in [-0.39, 0.29) is 23.7 Å². The number of hydrogen-bond donors (Lipinski definition) is 1. The average Bonchev–Trinajstić information content (AvgIpc) is 2.99. The van der Waals surface area contributed by atoms with Crippen LogP contribution in [0.1, 0.15) is 32.6 Å². The van der Waals surface area contributed by atoms with Crippen molar-refractivity contribution in [3.8, 4) is 0 Å². The maximum absolute atomic E-state index is 13.7. The van der Waals surface area contributed by atoms with E-state index in [1.807, 2.05) is 0 Å². The third-order valence-electron chi connectivity index (χ3n) is 5.38. The molecule has 0 aliphatic heterocycles. The highest BCUT2D eigenvalue weighted by Gasteiger charge is 2.38. The van der Waals surface area contributed by atoms with Gasteiger partial charge in [-0.25, -0.2) is 0 Å². The molecule has 0 saturated carbocycles. The molecule has 0 spiro atoms. The Balaban J connectivity index is 2.00. The Morgan fingerprint density at radius 2 is 1.62 bits per heavy atom. The van der Waals surface area contributed by atoms with Gasteiger partial charge in [0.15, 0.2) is 0 Å². The van der Waals surface area contributed by atoms with Gasteiger partial charge in [0.1, 0.15) is 0 Å². The highest BCUT2D eigenvalue weighted by atomic mass is 19.4. The third kappa shape index (κ3) is 3.68. The molecule has 0 aliphatic rings. The van der Waals surface area contributed by atoms with Gasteiger partial charge >= 0.3 is 12.4 Å². The van der Waals surface area contributed by atoms with Gasteiger partial charge in [-0.2, -0.15) is 26.3 Å². The van der Waals surface area contributed by atoms with E-state index in [1.54, 1.807) is 41.8 Å². The van der Waals surface area contributed by atoms with Crippen LogP contribution in [-0.2, 0) is 18.9 Å². The molecule has 4 aromatic rings. The predicted molar refractivity (Wildman–Crippen MR) is 108 cm³/mol. The largest absolute Gasteiger partial charge is 0.416 e. The second-order valence-corrected chi connectivity index (χ2v) is 7.54. The Kier molecular flexibility index (Phi) is 4.95. The fourth-order valence-corrected chi connectivity index (χ4v) is 3.95. The summed E-state index contributed by atoms with van der Waals surface area (Å²) in [6, 6.07) is 11.6. The second kappa shape index (κ2) is 7.29. The number of nitrogens with two attached hydrogens (primary N) is 1. The molecule has 0 unspecified atom stereocenters. The Morgan fingerprint density at radius 1 is 0.906 bits per heavy atom. The van der Waals surface area contributed by atoms with E-state index < -0.39 is 29.4 Å². The smallest absolute Gasteiger partial charge is 0.366 e. The van der Waals surface area contributed by atoms with Gasteiger partial charge < -0.3 is 10.3 Å². The van der Waals surface area contributed by atoms with Crippen LogP contribution in [0.15, 0.2) is 54.6 Å². The van der Waals surface area contributed by atoms with Crippen molar-refractivity contribution in [1.82, 2.24) is 4.57 Å². The van der Waals surface area contributed by atoms with Crippen LogP contribution in [0.25, 0.3) is 21.8 Å². The van der Waals surface area contributed by atoms with Crippen LogP contribution in [0, 0.1) is 6.92 Å². The van der Waals surface area contributed by atoms with E-state index in [9.17, 15) is 31.1 Å².